The highest BCUT2D eigenvalue weighted by molar-refractivity contribution is 6.02. The van der Waals surface area contributed by atoms with E-state index < -0.39 is 6.04 Å². The molecule has 2 aromatic carbocycles. The number of anilines is 2. The molecule has 158 valence electrons. The van der Waals surface area contributed by atoms with E-state index in [1.165, 1.54) is 26.0 Å². The summed E-state index contributed by atoms with van der Waals surface area (Å²) in [5.74, 6) is 0.536. The number of nitrogens with one attached hydrogen (secondary N) is 2. The lowest BCUT2D eigenvalue weighted by atomic mass is 10.1. The summed E-state index contributed by atoms with van der Waals surface area (Å²) in [6, 6.07) is 10.9. The van der Waals surface area contributed by atoms with Gasteiger partial charge in [-0.05, 0) is 44.0 Å². The molecule has 1 heterocycles. The van der Waals surface area contributed by atoms with Gasteiger partial charge < -0.3 is 25.0 Å². The molecular formula is C22H25N3O5. The van der Waals surface area contributed by atoms with Crippen molar-refractivity contribution in [1.29, 1.82) is 0 Å². The van der Waals surface area contributed by atoms with Crippen molar-refractivity contribution in [3.63, 3.8) is 0 Å². The molecule has 0 saturated carbocycles. The highest BCUT2D eigenvalue weighted by atomic mass is 16.5. The number of hydrogen-bond acceptors (Lipinski definition) is 5. The minimum atomic E-state index is -0.629. The van der Waals surface area contributed by atoms with Crippen molar-refractivity contribution in [3.05, 3.63) is 48.0 Å². The van der Waals surface area contributed by atoms with E-state index in [-0.39, 0.29) is 17.7 Å². The molecule has 8 nitrogen and oxygen atoms in total. The fourth-order valence-corrected chi connectivity index (χ4v) is 3.47. The normalized spacial score (nSPS) is 15.4. The summed E-state index contributed by atoms with van der Waals surface area (Å²) in [5, 5.41) is 5.62. The molecule has 0 radical (unpaired) electrons. The van der Waals surface area contributed by atoms with Crippen molar-refractivity contribution < 1.29 is 23.9 Å². The second kappa shape index (κ2) is 9.30. The maximum Gasteiger partial charge on any atom is 0.322 e. The van der Waals surface area contributed by atoms with Gasteiger partial charge in [0.25, 0.3) is 0 Å². The molecule has 8 heteroatoms. The fourth-order valence-electron chi connectivity index (χ4n) is 3.47. The first kappa shape index (κ1) is 21.2. The van der Waals surface area contributed by atoms with E-state index in [9.17, 15) is 14.4 Å². The summed E-state index contributed by atoms with van der Waals surface area (Å²) in [5.41, 5.74) is 1.44. The summed E-state index contributed by atoms with van der Waals surface area (Å²) in [7, 11) is 3.02. The van der Waals surface area contributed by atoms with Crippen LogP contribution in [0.5, 0.6) is 11.5 Å². The van der Waals surface area contributed by atoms with Crippen LogP contribution in [0.2, 0.25) is 0 Å². The number of para-hydroxylation sites is 1. The fraction of sp³-hybridized carbons (Fsp3) is 0.318. The predicted molar refractivity (Wildman–Crippen MR) is 113 cm³/mol. The minimum Gasteiger partial charge on any atom is -0.494 e. The first-order valence-corrected chi connectivity index (χ1v) is 9.65. The van der Waals surface area contributed by atoms with E-state index in [0.717, 1.165) is 0 Å². The van der Waals surface area contributed by atoms with Crippen molar-refractivity contribution in [2.75, 3.05) is 31.4 Å². The van der Waals surface area contributed by atoms with Gasteiger partial charge in [0, 0.05) is 17.8 Å². The number of ether oxygens (including phenoxy) is 2. The minimum absolute atomic E-state index is 0.0877. The quantitative estimate of drug-likeness (QED) is 0.709. The summed E-state index contributed by atoms with van der Waals surface area (Å²) in [4.78, 5) is 38.8. The number of methoxy groups -OCH3 is 2. The van der Waals surface area contributed by atoms with E-state index in [1.54, 1.807) is 42.5 Å². The molecule has 2 aromatic rings. The lowest BCUT2D eigenvalue weighted by molar-refractivity contribution is -0.119. The zero-order valence-corrected chi connectivity index (χ0v) is 17.2. The van der Waals surface area contributed by atoms with E-state index in [0.29, 0.717) is 47.8 Å². The Hall–Kier alpha value is -3.55. The van der Waals surface area contributed by atoms with Gasteiger partial charge in [0.1, 0.15) is 23.2 Å². The average molecular weight is 411 g/mol. The van der Waals surface area contributed by atoms with Crippen LogP contribution in [0.3, 0.4) is 0 Å². The number of amides is 3. The molecule has 1 aliphatic heterocycles. The molecule has 0 bridgehead atoms. The van der Waals surface area contributed by atoms with Crippen LogP contribution < -0.4 is 20.1 Å². The maximum absolute atomic E-state index is 13.0. The second-order valence-electron chi connectivity index (χ2n) is 6.95. The Balaban J connectivity index is 1.74. The van der Waals surface area contributed by atoms with Crippen LogP contribution >= 0.6 is 0 Å². The number of rotatable bonds is 6. The Morgan fingerprint density at radius 3 is 2.30 bits per heavy atom. The number of Topliss-reactive ketones (excluding diaryl/α,β-unsaturated/α-hetero) is 1. The van der Waals surface area contributed by atoms with Crippen LogP contribution in [-0.2, 0) is 4.79 Å². The second-order valence-corrected chi connectivity index (χ2v) is 6.95. The monoisotopic (exact) mass is 411 g/mol. The summed E-state index contributed by atoms with van der Waals surface area (Å²) in [6.45, 7) is 1.92. The molecule has 3 amide bonds. The third-order valence-corrected chi connectivity index (χ3v) is 5.01. The van der Waals surface area contributed by atoms with Crippen LogP contribution in [0, 0.1) is 0 Å². The zero-order chi connectivity index (χ0) is 21.7. The van der Waals surface area contributed by atoms with Gasteiger partial charge >= 0.3 is 6.03 Å². The Bertz CT molecular complexity index is 937. The molecule has 30 heavy (non-hydrogen) atoms. The molecule has 1 saturated heterocycles. The van der Waals surface area contributed by atoms with Crippen molar-refractivity contribution in [1.82, 2.24) is 4.90 Å². The van der Waals surface area contributed by atoms with Crippen LogP contribution in [-0.4, -0.2) is 49.4 Å². The van der Waals surface area contributed by atoms with Gasteiger partial charge in [0.05, 0.1) is 14.2 Å². The number of likely N-dealkylation sites (tertiary alicyclic amines) is 1. The largest absolute Gasteiger partial charge is 0.494 e. The highest BCUT2D eigenvalue weighted by Gasteiger charge is 2.35. The number of urea groups is 1. The molecule has 0 spiro atoms. The molecule has 0 unspecified atom stereocenters. The van der Waals surface area contributed by atoms with Crippen LogP contribution in [0.25, 0.3) is 0 Å². The standard InChI is InChI=1S/C22H25N3O5/c1-14(26)15-7-4-8-16(13-15)23-22(28)25-12-6-9-17(25)21(27)24-20-18(29-2)10-5-11-19(20)30-3/h4-5,7-8,10-11,13,17H,6,9,12H2,1-3H3,(H,23,28)(H,24,27)/t17-/m1/s1. The third-order valence-electron chi connectivity index (χ3n) is 5.01. The molecule has 1 fully saturated rings. The summed E-state index contributed by atoms with van der Waals surface area (Å²) in [6.07, 6.45) is 1.26. The van der Waals surface area contributed by atoms with Crippen LogP contribution in [0.15, 0.2) is 42.5 Å². The van der Waals surface area contributed by atoms with E-state index >= 15 is 0 Å². The molecule has 3 rings (SSSR count). The van der Waals surface area contributed by atoms with Gasteiger partial charge in [-0.25, -0.2) is 4.79 Å². The average Bonchev–Trinajstić information content (AvgIpc) is 3.24. The van der Waals surface area contributed by atoms with Gasteiger partial charge in [-0.15, -0.1) is 0 Å². The van der Waals surface area contributed by atoms with Gasteiger partial charge in [-0.1, -0.05) is 18.2 Å². The van der Waals surface area contributed by atoms with Crippen LogP contribution in [0.1, 0.15) is 30.1 Å². The Morgan fingerprint density at radius 1 is 1.00 bits per heavy atom. The van der Waals surface area contributed by atoms with Gasteiger partial charge in [-0.2, -0.15) is 0 Å². The van der Waals surface area contributed by atoms with E-state index in [4.69, 9.17) is 9.47 Å². The zero-order valence-electron chi connectivity index (χ0n) is 17.2. The molecule has 0 aromatic heterocycles. The Morgan fingerprint density at radius 2 is 1.67 bits per heavy atom. The number of hydrogen-bond donors (Lipinski definition) is 2. The number of benzene rings is 2. The summed E-state index contributed by atoms with van der Waals surface area (Å²) < 4.78 is 10.6. The number of ketones is 1. The van der Waals surface area contributed by atoms with Gasteiger partial charge in [0.2, 0.25) is 5.91 Å². The topological polar surface area (TPSA) is 97.0 Å². The SMILES string of the molecule is COc1cccc(OC)c1NC(=O)[C@H]1CCCN1C(=O)Nc1cccc(C(C)=O)c1. The third kappa shape index (κ3) is 4.53. The Labute approximate surface area is 175 Å². The van der Waals surface area contributed by atoms with Crippen LogP contribution in [0.4, 0.5) is 16.2 Å². The van der Waals surface area contributed by atoms with Crippen molar-refractivity contribution in [3.8, 4) is 11.5 Å². The molecular weight excluding hydrogens is 386 g/mol. The molecule has 0 aliphatic carbocycles. The van der Waals surface area contributed by atoms with Crippen molar-refractivity contribution >= 4 is 29.1 Å². The number of nitrogens with zero attached hydrogens (tertiary/aromatic N) is 1. The smallest absolute Gasteiger partial charge is 0.322 e. The first-order chi connectivity index (χ1) is 14.4. The Kier molecular flexibility index (Phi) is 6.56. The lowest BCUT2D eigenvalue weighted by Crippen LogP contribution is -2.45. The molecule has 2 N–H and O–H groups in total. The summed E-state index contributed by atoms with van der Waals surface area (Å²) >= 11 is 0. The van der Waals surface area contributed by atoms with Gasteiger partial charge in [-0.3, -0.25) is 9.59 Å². The van der Waals surface area contributed by atoms with Crippen molar-refractivity contribution in [2.45, 2.75) is 25.8 Å². The van der Waals surface area contributed by atoms with E-state index in [1.807, 2.05) is 0 Å². The molecule has 1 aliphatic rings. The first-order valence-electron chi connectivity index (χ1n) is 9.65. The predicted octanol–water partition coefficient (Wildman–Crippen LogP) is 3.54. The highest BCUT2D eigenvalue weighted by Crippen LogP contribution is 2.35. The maximum atomic E-state index is 13.0. The lowest BCUT2D eigenvalue weighted by Gasteiger charge is -2.25. The van der Waals surface area contributed by atoms with Crippen molar-refractivity contribution in [2.24, 2.45) is 0 Å². The van der Waals surface area contributed by atoms with Gasteiger partial charge in [0.15, 0.2) is 5.78 Å². The molecule has 1 atom stereocenters. The van der Waals surface area contributed by atoms with E-state index in [2.05, 4.69) is 10.6 Å². The number of carbonyl (C=O) groups excluding carboxylic acids is 3. The number of carbonyl (C=O) groups is 3.